The summed E-state index contributed by atoms with van der Waals surface area (Å²) in [5, 5.41) is 0.249. The fourth-order valence-corrected chi connectivity index (χ4v) is 3.76. The van der Waals surface area contributed by atoms with E-state index in [1.165, 1.54) is 16.5 Å². The lowest BCUT2D eigenvalue weighted by Gasteiger charge is -2.14. The van der Waals surface area contributed by atoms with E-state index in [9.17, 15) is 14.4 Å². The first-order chi connectivity index (χ1) is 17.0. The topological polar surface area (TPSA) is 95.0 Å². The minimum absolute atomic E-state index is 0.0479. The number of carbonyl (C=O) groups excluding carboxylic acids is 2. The summed E-state index contributed by atoms with van der Waals surface area (Å²) in [5.41, 5.74) is 1.52. The molecule has 4 aromatic rings. The Bertz CT molecular complexity index is 1550. The molecule has 4 rings (SSSR count). The SMILES string of the molecule is CCCCn1c(=NC(=O)/C=C/c2ccccc2)c(C(=O)OCC)cc2c(=O)n3ccccc3nc21. The second kappa shape index (κ2) is 10.7. The van der Waals surface area contributed by atoms with Crippen LogP contribution in [0.2, 0.25) is 0 Å². The molecular weight excluding hydrogens is 444 g/mol. The average molecular weight is 471 g/mol. The lowest BCUT2D eigenvalue weighted by molar-refractivity contribution is -0.113. The molecule has 178 valence electrons. The Hall–Kier alpha value is -4.33. The van der Waals surface area contributed by atoms with Crippen LogP contribution in [-0.2, 0) is 16.1 Å². The molecule has 0 atom stereocenters. The quantitative estimate of drug-likeness (QED) is 0.233. The zero-order valence-corrected chi connectivity index (χ0v) is 19.7. The molecule has 0 bridgehead atoms. The molecule has 0 aliphatic carbocycles. The van der Waals surface area contributed by atoms with Crippen LogP contribution in [-0.4, -0.2) is 32.4 Å². The number of amides is 1. The standard InChI is InChI=1S/C27H26N4O4/c1-3-5-16-31-24-20(26(33)30-17-10-9-13-22(30)28-24)18-21(27(34)35-4-2)25(31)29-23(32)15-14-19-11-7-6-8-12-19/h6-15,17-18H,3-5,16H2,1-2H3/b15-14+,29-25?. The van der Waals surface area contributed by atoms with Crippen molar-refractivity contribution in [3.05, 3.63) is 93.8 Å². The number of hydrogen-bond acceptors (Lipinski definition) is 5. The normalized spacial score (nSPS) is 12.0. The summed E-state index contributed by atoms with van der Waals surface area (Å²) in [7, 11) is 0. The Kier molecular flexibility index (Phi) is 7.30. The Labute approximate surface area is 201 Å². The number of rotatable bonds is 7. The van der Waals surface area contributed by atoms with Crippen LogP contribution in [0.5, 0.6) is 0 Å². The first kappa shape index (κ1) is 23.8. The number of carbonyl (C=O) groups is 2. The largest absolute Gasteiger partial charge is 0.462 e. The van der Waals surface area contributed by atoms with E-state index in [1.54, 1.807) is 42.0 Å². The minimum atomic E-state index is -0.657. The van der Waals surface area contributed by atoms with Crippen molar-refractivity contribution in [2.75, 3.05) is 6.61 Å². The Balaban J connectivity index is 2.01. The molecular formula is C27H26N4O4. The minimum Gasteiger partial charge on any atom is -0.462 e. The summed E-state index contributed by atoms with van der Waals surface area (Å²) < 4.78 is 8.34. The predicted octanol–water partition coefficient (Wildman–Crippen LogP) is 3.77. The highest BCUT2D eigenvalue weighted by atomic mass is 16.5. The summed E-state index contributed by atoms with van der Waals surface area (Å²) in [6.45, 7) is 4.28. The van der Waals surface area contributed by atoms with Gasteiger partial charge in [0.05, 0.1) is 12.0 Å². The van der Waals surface area contributed by atoms with Gasteiger partial charge >= 0.3 is 5.97 Å². The lowest BCUT2D eigenvalue weighted by atomic mass is 10.2. The molecule has 0 saturated heterocycles. The molecule has 0 spiro atoms. The number of pyridine rings is 2. The van der Waals surface area contributed by atoms with Gasteiger partial charge in [-0.2, -0.15) is 4.99 Å². The molecule has 35 heavy (non-hydrogen) atoms. The molecule has 0 N–H and O–H groups in total. The molecule has 0 saturated carbocycles. The van der Waals surface area contributed by atoms with Crippen LogP contribution in [0.25, 0.3) is 22.8 Å². The number of unbranched alkanes of at least 4 members (excludes halogenated alkanes) is 1. The van der Waals surface area contributed by atoms with Crippen molar-refractivity contribution >= 4 is 34.6 Å². The molecule has 8 heteroatoms. The second-order valence-corrected chi connectivity index (χ2v) is 7.88. The van der Waals surface area contributed by atoms with Gasteiger partial charge in [-0.15, -0.1) is 0 Å². The van der Waals surface area contributed by atoms with Gasteiger partial charge in [0.2, 0.25) is 0 Å². The van der Waals surface area contributed by atoms with Crippen molar-refractivity contribution < 1.29 is 14.3 Å². The van der Waals surface area contributed by atoms with Gasteiger partial charge in [0.1, 0.15) is 16.9 Å². The molecule has 0 fully saturated rings. The van der Waals surface area contributed by atoms with Crippen molar-refractivity contribution in [1.29, 1.82) is 0 Å². The van der Waals surface area contributed by atoms with Gasteiger partial charge in [-0.1, -0.05) is 49.7 Å². The van der Waals surface area contributed by atoms with Gasteiger partial charge in [0.15, 0.2) is 5.49 Å². The van der Waals surface area contributed by atoms with E-state index in [1.807, 2.05) is 37.3 Å². The van der Waals surface area contributed by atoms with Gasteiger partial charge in [-0.05, 0) is 43.2 Å². The first-order valence-corrected chi connectivity index (χ1v) is 11.6. The van der Waals surface area contributed by atoms with Crippen molar-refractivity contribution in [3.8, 4) is 0 Å². The van der Waals surface area contributed by atoms with Crippen LogP contribution in [0.1, 0.15) is 42.6 Å². The fourth-order valence-electron chi connectivity index (χ4n) is 3.76. The number of ether oxygens (including phenoxy) is 1. The summed E-state index contributed by atoms with van der Waals surface area (Å²) in [5.74, 6) is -1.20. The Morgan fingerprint density at radius 3 is 2.60 bits per heavy atom. The van der Waals surface area contributed by atoms with E-state index in [2.05, 4.69) is 9.98 Å². The van der Waals surface area contributed by atoms with Crippen LogP contribution in [0.15, 0.2) is 76.7 Å². The molecule has 3 aromatic heterocycles. The predicted molar refractivity (Wildman–Crippen MR) is 134 cm³/mol. The summed E-state index contributed by atoms with van der Waals surface area (Å²) in [6.07, 6.45) is 6.22. The number of aryl methyl sites for hydroxylation is 1. The maximum Gasteiger partial charge on any atom is 0.341 e. The Morgan fingerprint density at radius 1 is 1.09 bits per heavy atom. The van der Waals surface area contributed by atoms with Gasteiger partial charge in [-0.3, -0.25) is 14.0 Å². The maximum absolute atomic E-state index is 13.3. The van der Waals surface area contributed by atoms with Crippen LogP contribution < -0.4 is 11.0 Å². The lowest BCUT2D eigenvalue weighted by Crippen LogP contribution is -2.32. The summed E-state index contributed by atoms with van der Waals surface area (Å²) >= 11 is 0. The number of nitrogens with zero attached hydrogens (tertiary/aromatic N) is 4. The van der Waals surface area contributed by atoms with Crippen LogP contribution >= 0.6 is 0 Å². The molecule has 8 nitrogen and oxygen atoms in total. The van der Waals surface area contributed by atoms with E-state index in [-0.39, 0.29) is 28.6 Å². The smallest absolute Gasteiger partial charge is 0.341 e. The third-order valence-corrected chi connectivity index (χ3v) is 5.45. The van der Waals surface area contributed by atoms with Gasteiger partial charge in [0.25, 0.3) is 11.5 Å². The van der Waals surface area contributed by atoms with E-state index in [0.29, 0.717) is 17.8 Å². The molecule has 0 aliphatic heterocycles. The van der Waals surface area contributed by atoms with E-state index in [4.69, 9.17) is 4.74 Å². The number of aromatic nitrogens is 3. The second-order valence-electron chi connectivity index (χ2n) is 7.88. The highest BCUT2D eigenvalue weighted by Gasteiger charge is 2.19. The maximum atomic E-state index is 13.3. The zero-order chi connectivity index (χ0) is 24.8. The molecule has 0 unspecified atom stereocenters. The van der Waals surface area contributed by atoms with E-state index in [0.717, 1.165) is 18.4 Å². The van der Waals surface area contributed by atoms with Gasteiger partial charge in [-0.25, -0.2) is 9.78 Å². The summed E-state index contributed by atoms with van der Waals surface area (Å²) in [6, 6.07) is 16.1. The number of benzene rings is 1. The zero-order valence-electron chi connectivity index (χ0n) is 19.7. The highest BCUT2D eigenvalue weighted by molar-refractivity contribution is 5.95. The van der Waals surface area contributed by atoms with Crippen molar-refractivity contribution in [3.63, 3.8) is 0 Å². The molecule has 3 heterocycles. The van der Waals surface area contributed by atoms with Gasteiger partial charge < -0.3 is 9.30 Å². The van der Waals surface area contributed by atoms with Crippen molar-refractivity contribution in [2.45, 2.75) is 33.2 Å². The van der Waals surface area contributed by atoms with E-state index >= 15 is 0 Å². The number of esters is 1. The monoisotopic (exact) mass is 470 g/mol. The van der Waals surface area contributed by atoms with Crippen LogP contribution in [0.3, 0.4) is 0 Å². The third kappa shape index (κ3) is 5.11. The van der Waals surface area contributed by atoms with E-state index < -0.39 is 11.9 Å². The summed E-state index contributed by atoms with van der Waals surface area (Å²) in [4.78, 5) is 48.0. The molecule has 1 aromatic carbocycles. The van der Waals surface area contributed by atoms with Crippen molar-refractivity contribution in [2.24, 2.45) is 4.99 Å². The third-order valence-electron chi connectivity index (χ3n) is 5.45. The van der Waals surface area contributed by atoms with Crippen LogP contribution in [0.4, 0.5) is 0 Å². The van der Waals surface area contributed by atoms with Crippen molar-refractivity contribution in [1.82, 2.24) is 14.0 Å². The van der Waals surface area contributed by atoms with Gasteiger partial charge in [0, 0.05) is 18.8 Å². The first-order valence-electron chi connectivity index (χ1n) is 11.6. The average Bonchev–Trinajstić information content (AvgIpc) is 2.87. The van der Waals surface area contributed by atoms with Crippen LogP contribution in [0, 0.1) is 0 Å². The Morgan fingerprint density at radius 2 is 1.86 bits per heavy atom. The molecule has 0 aliphatic rings. The molecule has 0 radical (unpaired) electrons. The molecule has 1 amide bonds. The highest BCUT2D eigenvalue weighted by Crippen LogP contribution is 2.12. The number of fused-ring (bicyclic) bond motifs is 2. The number of hydrogen-bond donors (Lipinski definition) is 0. The fraction of sp³-hybridized carbons (Fsp3) is 0.222.